The van der Waals surface area contributed by atoms with Crippen molar-refractivity contribution in [2.75, 3.05) is 19.8 Å². The number of Topliss-reactive ketones (excluding diaryl/α,β-unsaturated/α-hetero) is 1. The zero-order chi connectivity index (χ0) is 14.0. The van der Waals surface area contributed by atoms with E-state index in [1.165, 1.54) is 0 Å². The van der Waals surface area contributed by atoms with Gasteiger partial charge in [-0.05, 0) is 18.5 Å². The Bertz CT molecular complexity index is 500. The van der Waals surface area contributed by atoms with Gasteiger partial charge in [-0.3, -0.25) is 4.79 Å². The lowest BCUT2D eigenvalue weighted by atomic mass is 9.92. The molecule has 19 heavy (non-hydrogen) atoms. The topological polar surface area (TPSA) is 61.6 Å². The summed E-state index contributed by atoms with van der Waals surface area (Å²) < 4.78 is 11.2. The zero-order valence-corrected chi connectivity index (χ0v) is 11.9. The number of fused-ring (bicyclic) bond motifs is 1. The summed E-state index contributed by atoms with van der Waals surface area (Å²) in [6.45, 7) is 5.29. The van der Waals surface area contributed by atoms with Gasteiger partial charge in [0.2, 0.25) is 0 Å². The summed E-state index contributed by atoms with van der Waals surface area (Å²) in [5.41, 5.74) is 6.91. The summed E-state index contributed by atoms with van der Waals surface area (Å²) in [6.07, 6.45) is 0.301. The first-order valence-electron chi connectivity index (χ1n) is 6.41. The number of halogens is 1. The number of carbonyl (C=O) groups is 1. The van der Waals surface area contributed by atoms with Gasteiger partial charge in [0, 0.05) is 17.5 Å². The highest BCUT2D eigenvalue weighted by molar-refractivity contribution is 6.33. The Labute approximate surface area is 117 Å². The summed E-state index contributed by atoms with van der Waals surface area (Å²) in [5, 5.41) is 0.416. The first-order valence-corrected chi connectivity index (χ1v) is 6.79. The molecule has 1 aliphatic heterocycles. The molecule has 0 amide bonds. The Morgan fingerprint density at radius 2 is 2.00 bits per heavy atom. The summed E-state index contributed by atoms with van der Waals surface area (Å²) in [4.78, 5) is 12.2. The van der Waals surface area contributed by atoms with E-state index < -0.39 is 0 Å². The lowest BCUT2D eigenvalue weighted by Gasteiger charge is -2.25. The Morgan fingerprint density at radius 3 is 2.58 bits per heavy atom. The zero-order valence-electron chi connectivity index (χ0n) is 11.2. The van der Waals surface area contributed by atoms with Crippen molar-refractivity contribution in [2.45, 2.75) is 26.2 Å². The average molecular weight is 284 g/mol. The number of carbonyl (C=O) groups excluding carboxylic acids is 1. The number of rotatable bonds is 4. The van der Waals surface area contributed by atoms with Gasteiger partial charge < -0.3 is 15.2 Å². The first-order chi connectivity index (χ1) is 9.06. The van der Waals surface area contributed by atoms with Crippen LogP contribution in [-0.4, -0.2) is 25.5 Å². The van der Waals surface area contributed by atoms with Crippen LogP contribution in [0, 0.1) is 0 Å². The van der Waals surface area contributed by atoms with Crippen LogP contribution in [0.15, 0.2) is 6.07 Å². The molecule has 1 heterocycles. The molecule has 0 unspecified atom stereocenters. The largest absolute Gasteiger partial charge is 0.486 e. The van der Waals surface area contributed by atoms with Crippen molar-refractivity contribution in [1.82, 2.24) is 0 Å². The highest BCUT2D eigenvalue weighted by atomic mass is 35.5. The number of ketones is 1. The summed E-state index contributed by atoms with van der Waals surface area (Å²) in [6, 6.07) is 1.67. The normalized spacial score (nSPS) is 13.7. The highest BCUT2D eigenvalue weighted by Gasteiger charge is 2.26. The van der Waals surface area contributed by atoms with E-state index >= 15 is 0 Å². The van der Waals surface area contributed by atoms with Crippen LogP contribution < -0.4 is 15.2 Å². The van der Waals surface area contributed by atoms with Gasteiger partial charge in [-0.1, -0.05) is 25.4 Å². The Morgan fingerprint density at radius 1 is 1.37 bits per heavy atom. The van der Waals surface area contributed by atoms with Gasteiger partial charge in [-0.15, -0.1) is 0 Å². The van der Waals surface area contributed by atoms with E-state index in [1.807, 2.05) is 13.8 Å². The van der Waals surface area contributed by atoms with Gasteiger partial charge in [0.1, 0.15) is 13.2 Å². The molecule has 0 fully saturated rings. The van der Waals surface area contributed by atoms with Crippen molar-refractivity contribution in [2.24, 2.45) is 5.73 Å². The van der Waals surface area contributed by atoms with Crippen LogP contribution in [0.2, 0.25) is 5.02 Å². The minimum atomic E-state index is -0.00919. The van der Waals surface area contributed by atoms with E-state index in [9.17, 15) is 4.79 Å². The molecule has 0 bridgehead atoms. The molecule has 0 saturated heterocycles. The predicted octanol–water partition coefficient (Wildman–Crippen LogP) is 2.77. The monoisotopic (exact) mass is 283 g/mol. The van der Waals surface area contributed by atoms with E-state index in [2.05, 4.69) is 0 Å². The van der Waals surface area contributed by atoms with Crippen LogP contribution in [0.1, 0.15) is 42.1 Å². The first kappa shape index (κ1) is 14.2. The average Bonchev–Trinajstić information content (AvgIpc) is 2.38. The van der Waals surface area contributed by atoms with E-state index in [0.29, 0.717) is 48.3 Å². The molecular formula is C14H18ClNO3. The molecule has 0 saturated carbocycles. The number of nitrogens with two attached hydrogens (primary N) is 1. The van der Waals surface area contributed by atoms with Crippen molar-refractivity contribution >= 4 is 17.4 Å². The maximum atomic E-state index is 12.2. The molecule has 1 aromatic rings. The number of benzene rings is 1. The van der Waals surface area contributed by atoms with Crippen LogP contribution in [0.5, 0.6) is 11.5 Å². The lowest BCUT2D eigenvalue weighted by molar-refractivity contribution is 0.0982. The minimum absolute atomic E-state index is 0.00919. The second-order valence-electron chi connectivity index (χ2n) is 4.79. The summed E-state index contributed by atoms with van der Waals surface area (Å²) >= 11 is 6.18. The Hall–Kier alpha value is -1.26. The third-order valence-corrected chi connectivity index (χ3v) is 3.34. The molecule has 0 aliphatic carbocycles. The standard InChI is InChI=1S/C14H18ClNO3/c1-8(2)12-9(11(17)3-4-16)7-10(15)13-14(12)19-6-5-18-13/h7-8H,3-6,16H2,1-2H3. The highest BCUT2D eigenvalue weighted by Crippen LogP contribution is 2.45. The number of ether oxygens (including phenoxy) is 2. The second-order valence-corrected chi connectivity index (χ2v) is 5.20. The van der Waals surface area contributed by atoms with Crippen molar-refractivity contribution in [3.8, 4) is 11.5 Å². The van der Waals surface area contributed by atoms with Gasteiger partial charge in [0.25, 0.3) is 0 Å². The fourth-order valence-corrected chi connectivity index (χ4v) is 2.51. The van der Waals surface area contributed by atoms with Crippen LogP contribution in [-0.2, 0) is 0 Å². The number of hydrogen-bond acceptors (Lipinski definition) is 4. The van der Waals surface area contributed by atoms with Crippen molar-refractivity contribution in [3.63, 3.8) is 0 Å². The van der Waals surface area contributed by atoms with E-state index in [0.717, 1.165) is 5.56 Å². The molecule has 4 nitrogen and oxygen atoms in total. The third-order valence-electron chi connectivity index (χ3n) is 3.05. The Kier molecular flexibility index (Phi) is 4.32. The van der Waals surface area contributed by atoms with Crippen molar-refractivity contribution in [1.29, 1.82) is 0 Å². The fraction of sp³-hybridized carbons (Fsp3) is 0.500. The molecule has 104 valence electrons. The molecule has 0 aromatic heterocycles. The molecular weight excluding hydrogens is 266 g/mol. The van der Waals surface area contributed by atoms with Gasteiger partial charge in [-0.2, -0.15) is 0 Å². The molecule has 1 aliphatic rings. The summed E-state index contributed by atoms with van der Waals surface area (Å²) in [7, 11) is 0. The smallest absolute Gasteiger partial charge is 0.180 e. The molecule has 0 spiro atoms. The van der Waals surface area contributed by atoms with Gasteiger partial charge in [-0.25, -0.2) is 0 Å². The minimum Gasteiger partial charge on any atom is -0.486 e. The van der Waals surface area contributed by atoms with E-state index in [4.69, 9.17) is 26.8 Å². The molecule has 1 aromatic carbocycles. The van der Waals surface area contributed by atoms with Crippen LogP contribution in [0.25, 0.3) is 0 Å². The molecule has 2 rings (SSSR count). The third kappa shape index (κ3) is 2.69. The van der Waals surface area contributed by atoms with Gasteiger partial charge >= 0.3 is 0 Å². The van der Waals surface area contributed by atoms with Crippen LogP contribution in [0.3, 0.4) is 0 Å². The quantitative estimate of drug-likeness (QED) is 0.863. The van der Waals surface area contributed by atoms with Gasteiger partial charge in [0.05, 0.1) is 5.02 Å². The van der Waals surface area contributed by atoms with E-state index in [1.54, 1.807) is 6.07 Å². The van der Waals surface area contributed by atoms with Gasteiger partial charge in [0.15, 0.2) is 17.3 Å². The SMILES string of the molecule is CC(C)c1c(C(=O)CCN)cc(Cl)c2c1OCCO2. The van der Waals surface area contributed by atoms with Crippen LogP contribution >= 0.6 is 11.6 Å². The van der Waals surface area contributed by atoms with Crippen LogP contribution in [0.4, 0.5) is 0 Å². The number of hydrogen-bond donors (Lipinski definition) is 1. The maximum absolute atomic E-state index is 12.2. The molecule has 5 heteroatoms. The molecule has 0 radical (unpaired) electrons. The van der Waals surface area contributed by atoms with Crippen molar-refractivity contribution < 1.29 is 14.3 Å². The summed E-state index contributed by atoms with van der Waals surface area (Å²) in [5.74, 6) is 1.28. The predicted molar refractivity (Wildman–Crippen MR) is 74.5 cm³/mol. The van der Waals surface area contributed by atoms with E-state index in [-0.39, 0.29) is 11.7 Å². The Balaban J connectivity index is 2.60. The maximum Gasteiger partial charge on any atom is 0.180 e. The van der Waals surface area contributed by atoms with Crippen molar-refractivity contribution in [3.05, 3.63) is 22.2 Å². The molecule has 2 N–H and O–H groups in total. The lowest BCUT2D eigenvalue weighted by Crippen LogP contribution is -2.19. The molecule has 0 atom stereocenters. The fourth-order valence-electron chi connectivity index (χ4n) is 2.26. The second kappa shape index (κ2) is 5.80.